The fourth-order valence-corrected chi connectivity index (χ4v) is 13.4. The maximum absolute atomic E-state index is 2.52. The van der Waals surface area contributed by atoms with Crippen molar-refractivity contribution in [2.75, 3.05) is 4.90 Å². The van der Waals surface area contributed by atoms with Crippen LogP contribution in [-0.4, -0.2) is 4.57 Å². The summed E-state index contributed by atoms with van der Waals surface area (Å²) in [7, 11) is 0. The third-order valence-corrected chi connectivity index (χ3v) is 16.9. The lowest BCUT2D eigenvalue weighted by Gasteiger charge is -2.35. The van der Waals surface area contributed by atoms with Gasteiger partial charge in [-0.05, 0) is 132 Å². The molecule has 2 nitrogen and oxygen atoms in total. The van der Waals surface area contributed by atoms with Gasteiger partial charge in [-0.2, -0.15) is 0 Å². The van der Waals surface area contributed by atoms with E-state index in [-0.39, 0.29) is 5.41 Å². The second-order valence-electron chi connectivity index (χ2n) is 21.2. The summed E-state index contributed by atoms with van der Waals surface area (Å²) in [6, 6.07) is 104. The number of fused-ring (bicyclic) bond motifs is 11. The molecule has 0 N–H and O–H groups in total. The van der Waals surface area contributed by atoms with Crippen LogP contribution < -0.4 is 4.90 Å². The number of aromatic nitrogens is 1. The average Bonchev–Trinajstić information content (AvgIpc) is 4.17. The number of hydrogen-bond donors (Lipinski definition) is 0. The zero-order chi connectivity index (χ0) is 50.5. The van der Waals surface area contributed by atoms with Crippen molar-refractivity contribution in [2.24, 2.45) is 0 Å². The summed E-state index contributed by atoms with van der Waals surface area (Å²) in [5.74, 6) is 0. The van der Waals surface area contributed by atoms with Crippen molar-refractivity contribution in [1.82, 2.24) is 4.57 Å². The van der Waals surface area contributed by atoms with Gasteiger partial charge in [0.15, 0.2) is 0 Å². The predicted molar refractivity (Wildman–Crippen MR) is 319 cm³/mol. The largest absolute Gasteiger partial charge is 0.310 e. The number of benzene rings is 12. The quantitative estimate of drug-likeness (QED) is 0.147. The molecule has 0 radical (unpaired) electrons. The fraction of sp³-hybridized carbons (Fsp3) is 0.0541. The van der Waals surface area contributed by atoms with E-state index in [4.69, 9.17) is 0 Å². The van der Waals surface area contributed by atoms with Gasteiger partial charge in [-0.3, -0.25) is 0 Å². The molecular formula is C74H52N2. The molecule has 2 heteroatoms. The van der Waals surface area contributed by atoms with Gasteiger partial charge in [0.05, 0.1) is 16.4 Å². The van der Waals surface area contributed by atoms with Gasteiger partial charge in [-0.25, -0.2) is 0 Å². The fourth-order valence-electron chi connectivity index (χ4n) is 13.4. The van der Waals surface area contributed by atoms with E-state index in [0.717, 1.165) is 28.3 Å². The molecule has 2 aliphatic rings. The highest BCUT2D eigenvalue weighted by molar-refractivity contribution is 6.19. The minimum atomic E-state index is -0.516. The molecular weight excluding hydrogens is 917 g/mol. The molecule has 0 fully saturated rings. The lowest BCUT2D eigenvalue weighted by molar-refractivity contribution is 0.660. The summed E-state index contributed by atoms with van der Waals surface area (Å²) in [6.45, 7) is 4.74. The number of nitrogens with zero attached hydrogens (tertiary/aromatic N) is 2. The Labute approximate surface area is 444 Å². The van der Waals surface area contributed by atoms with Gasteiger partial charge in [0.2, 0.25) is 0 Å². The summed E-state index contributed by atoms with van der Waals surface area (Å²) < 4.78 is 2.52. The van der Waals surface area contributed by atoms with E-state index < -0.39 is 5.41 Å². The Morgan fingerprint density at radius 2 is 0.855 bits per heavy atom. The zero-order valence-electron chi connectivity index (χ0n) is 42.5. The number of anilines is 3. The van der Waals surface area contributed by atoms with Crippen LogP contribution in [0.5, 0.6) is 0 Å². The van der Waals surface area contributed by atoms with E-state index in [1.807, 2.05) is 0 Å². The van der Waals surface area contributed by atoms with E-state index in [0.29, 0.717) is 0 Å². The van der Waals surface area contributed by atoms with E-state index >= 15 is 0 Å². The maximum atomic E-state index is 2.52. The van der Waals surface area contributed by atoms with E-state index in [2.05, 4.69) is 302 Å². The highest BCUT2D eigenvalue weighted by atomic mass is 15.1. The van der Waals surface area contributed by atoms with Crippen LogP contribution in [0.4, 0.5) is 17.1 Å². The van der Waals surface area contributed by atoms with Crippen molar-refractivity contribution in [2.45, 2.75) is 24.7 Å². The van der Waals surface area contributed by atoms with E-state index in [1.54, 1.807) is 0 Å². The number of rotatable bonds is 8. The van der Waals surface area contributed by atoms with Gasteiger partial charge in [-0.1, -0.05) is 244 Å². The summed E-state index contributed by atoms with van der Waals surface area (Å²) in [6.07, 6.45) is 0. The van der Waals surface area contributed by atoms with Crippen LogP contribution in [0, 0.1) is 0 Å². The molecule has 15 rings (SSSR count). The molecule has 76 heavy (non-hydrogen) atoms. The summed E-state index contributed by atoms with van der Waals surface area (Å²) in [5.41, 5.74) is 24.0. The predicted octanol–water partition coefficient (Wildman–Crippen LogP) is 19.4. The summed E-state index contributed by atoms with van der Waals surface area (Å²) in [5, 5.41) is 4.89. The Bertz CT molecular complexity index is 4360. The van der Waals surface area contributed by atoms with Crippen molar-refractivity contribution in [3.05, 3.63) is 312 Å². The molecule has 0 amide bonds. The van der Waals surface area contributed by atoms with Crippen LogP contribution in [-0.2, 0) is 10.8 Å². The Morgan fingerprint density at radius 1 is 0.329 bits per heavy atom. The van der Waals surface area contributed by atoms with Crippen LogP contribution in [0.1, 0.15) is 47.2 Å². The summed E-state index contributed by atoms with van der Waals surface area (Å²) in [4.78, 5) is 2.45. The standard InChI is InChI=1S/C74H52N2/c1-73(2)67-31-16-14-27-61(67)63-45-42-57(47-69(63)73)75(55-38-33-50(34-39-55)49-19-6-3-7-20-49)58-43-46-64-66-44-37-51-21-12-13-26-60(51)72(66)76(70(64)48-58)56-40-35-52(36-41-56)59-29-18-30-65-62-28-15-17-32-68(62)74(71(59)65,53-22-8-4-9-23-53)54-24-10-5-11-25-54/h3-48H,1-2H3. The Hall–Kier alpha value is -9.50. The number of hydrogen-bond acceptors (Lipinski definition) is 1. The molecule has 0 aliphatic heterocycles. The molecule has 0 unspecified atom stereocenters. The molecule has 2 aliphatic carbocycles. The van der Waals surface area contributed by atoms with Crippen molar-refractivity contribution in [3.8, 4) is 50.2 Å². The second kappa shape index (κ2) is 17.0. The van der Waals surface area contributed by atoms with Gasteiger partial charge < -0.3 is 9.47 Å². The van der Waals surface area contributed by atoms with Gasteiger partial charge in [0, 0.05) is 44.3 Å². The minimum absolute atomic E-state index is 0.150. The average molecular weight is 969 g/mol. The topological polar surface area (TPSA) is 8.17 Å². The van der Waals surface area contributed by atoms with Crippen LogP contribution >= 0.6 is 0 Å². The van der Waals surface area contributed by atoms with Crippen molar-refractivity contribution >= 4 is 49.6 Å². The molecule has 0 saturated heterocycles. The highest BCUT2D eigenvalue weighted by Gasteiger charge is 2.47. The second-order valence-corrected chi connectivity index (χ2v) is 21.2. The third-order valence-electron chi connectivity index (χ3n) is 16.9. The summed E-state index contributed by atoms with van der Waals surface area (Å²) >= 11 is 0. The first-order valence-corrected chi connectivity index (χ1v) is 26.6. The maximum Gasteiger partial charge on any atom is 0.0719 e. The Balaban J connectivity index is 0.929. The molecule has 1 heterocycles. The van der Waals surface area contributed by atoms with Crippen LogP contribution in [0.15, 0.2) is 279 Å². The zero-order valence-corrected chi connectivity index (χ0v) is 42.5. The molecule has 0 bridgehead atoms. The normalized spacial score (nSPS) is 13.6. The smallest absolute Gasteiger partial charge is 0.0719 e. The molecule has 0 spiro atoms. The molecule has 0 atom stereocenters. The molecule has 358 valence electrons. The molecule has 0 saturated carbocycles. The minimum Gasteiger partial charge on any atom is -0.310 e. The van der Waals surface area contributed by atoms with Crippen LogP contribution in [0.3, 0.4) is 0 Å². The van der Waals surface area contributed by atoms with Crippen molar-refractivity contribution in [1.29, 1.82) is 0 Å². The lowest BCUT2D eigenvalue weighted by Crippen LogP contribution is -2.29. The SMILES string of the molecule is CC1(C)c2ccccc2-c2ccc(N(c3ccc(-c4ccccc4)cc3)c3ccc4c5ccc6ccccc6c5n(-c5ccc(-c6cccc7c6C(c6ccccc6)(c6ccccc6)c6ccccc6-7)cc5)c4c3)cc21. The molecule has 1 aromatic heterocycles. The first kappa shape index (κ1) is 44.0. The molecule has 12 aromatic carbocycles. The van der Waals surface area contributed by atoms with Crippen LogP contribution in [0.2, 0.25) is 0 Å². The van der Waals surface area contributed by atoms with Gasteiger partial charge in [0.25, 0.3) is 0 Å². The highest BCUT2D eigenvalue weighted by Crippen LogP contribution is 2.59. The van der Waals surface area contributed by atoms with Gasteiger partial charge in [0.1, 0.15) is 0 Å². The van der Waals surface area contributed by atoms with E-state index in [1.165, 1.54) is 105 Å². The Kier molecular flexibility index (Phi) is 9.86. The van der Waals surface area contributed by atoms with Crippen LogP contribution in [0.25, 0.3) is 82.8 Å². The lowest BCUT2D eigenvalue weighted by atomic mass is 9.66. The first-order valence-electron chi connectivity index (χ1n) is 26.6. The molecule has 13 aromatic rings. The van der Waals surface area contributed by atoms with Gasteiger partial charge in [-0.15, -0.1) is 0 Å². The van der Waals surface area contributed by atoms with Gasteiger partial charge >= 0.3 is 0 Å². The Morgan fingerprint density at radius 3 is 1.59 bits per heavy atom. The monoisotopic (exact) mass is 968 g/mol. The van der Waals surface area contributed by atoms with Crippen molar-refractivity contribution in [3.63, 3.8) is 0 Å². The van der Waals surface area contributed by atoms with Crippen molar-refractivity contribution < 1.29 is 0 Å². The first-order chi connectivity index (χ1) is 37.5. The van der Waals surface area contributed by atoms with E-state index in [9.17, 15) is 0 Å². The third kappa shape index (κ3) is 6.47.